The third-order valence-corrected chi connectivity index (χ3v) is 4.93. The zero-order chi connectivity index (χ0) is 23.8. The van der Waals surface area contributed by atoms with Gasteiger partial charge in [-0.2, -0.15) is 0 Å². The summed E-state index contributed by atoms with van der Waals surface area (Å²) in [5, 5.41) is 2.62. The minimum atomic E-state index is -0.677. The summed E-state index contributed by atoms with van der Waals surface area (Å²) in [6.07, 6.45) is 1.71. The summed E-state index contributed by atoms with van der Waals surface area (Å²) in [4.78, 5) is 49.6. The summed E-state index contributed by atoms with van der Waals surface area (Å²) < 4.78 is 7.21. The lowest BCUT2D eigenvalue weighted by Crippen LogP contribution is -2.43. The number of esters is 1. The smallest absolute Gasteiger partial charge is 0.338 e. The van der Waals surface area contributed by atoms with E-state index in [2.05, 4.69) is 5.32 Å². The summed E-state index contributed by atoms with van der Waals surface area (Å²) in [7, 11) is 0. The van der Waals surface area contributed by atoms with Gasteiger partial charge in [0.1, 0.15) is 12.4 Å². The van der Waals surface area contributed by atoms with Crippen LogP contribution in [0.5, 0.6) is 0 Å². The monoisotopic (exact) mass is 450 g/mol. The number of amides is 1. The molecule has 0 unspecified atom stereocenters. The maximum absolute atomic E-state index is 12.8. The predicted octanol–water partition coefficient (Wildman–Crippen LogP) is 2.24. The number of rotatable bonds is 9. The number of anilines is 2. The molecule has 3 rings (SSSR count). The maximum Gasteiger partial charge on any atom is 0.338 e. The van der Waals surface area contributed by atoms with Crippen LogP contribution in [-0.4, -0.2) is 27.6 Å². The highest BCUT2D eigenvalue weighted by atomic mass is 16.5. The van der Waals surface area contributed by atoms with E-state index in [1.54, 1.807) is 12.1 Å². The van der Waals surface area contributed by atoms with Crippen molar-refractivity contribution < 1.29 is 14.3 Å². The van der Waals surface area contributed by atoms with Crippen molar-refractivity contribution in [3.05, 3.63) is 92.6 Å². The largest absolute Gasteiger partial charge is 0.462 e. The van der Waals surface area contributed by atoms with E-state index in [1.165, 1.54) is 16.7 Å². The Kier molecular flexibility index (Phi) is 7.80. The third kappa shape index (κ3) is 6.19. The Labute approximate surface area is 190 Å². The SMILES string of the molecule is CCCCOC(=O)c1ccc(NC(=O)Cn2c(=O)cc(N)n(Cc3ccccc3)c2=O)cc1. The van der Waals surface area contributed by atoms with Crippen molar-refractivity contribution in [2.75, 3.05) is 17.7 Å². The van der Waals surface area contributed by atoms with Gasteiger partial charge in [-0.25, -0.2) is 9.59 Å². The first-order chi connectivity index (χ1) is 15.9. The third-order valence-electron chi connectivity index (χ3n) is 4.93. The van der Waals surface area contributed by atoms with E-state index in [4.69, 9.17) is 10.5 Å². The van der Waals surface area contributed by atoms with Crippen molar-refractivity contribution in [1.29, 1.82) is 0 Å². The first kappa shape index (κ1) is 23.5. The van der Waals surface area contributed by atoms with Crippen molar-refractivity contribution in [3.63, 3.8) is 0 Å². The van der Waals surface area contributed by atoms with Crippen LogP contribution in [0, 0.1) is 0 Å². The molecule has 3 N–H and O–H groups in total. The Hall–Kier alpha value is -4.14. The van der Waals surface area contributed by atoms with Crippen LogP contribution >= 0.6 is 0 Å². The second kappa shape index (κ2) is 10.9. The summed E-state index contributed by atoms with van der Waals surface area (Å²) in [5.74, 6) is -0.982. The summed E-state index contributed by atoms with van der Waals surface area (Å²) in [5.41, 5.74) is 6.15. The number of benzene rings is 2. The van der Waals surface area contributed by atoms with Crippen LogP contribution in [0.2, 0.25) is 0 Å². The molecular formula is C24H26N4O5. The quantitative estimate of drug-likeness (QED) is 0.380. The lowest BCUT2D eigenvalue weighted by Gasteiger charge is -2.13. The lowest BCUT2D eigenvalue weighted by atomic mass is 10.2. The van der Waals surface area contributed by atoms with Gasteiger partial charge in [-0.15, -0.1) is 0 Å². The van der Waals surface area contributed by atoms with E-state index in [9.17, 15) is 19.2 Å². The fourth-order valence-corrected chi connectivity index (χ4v) is 3.13. The van der Waals surface area contributed by atoms with E-state index < -0.39 is 29.7 Å². The molecule has 172 valence electrons. The molecule has 33 heavy (non-hydrogen) atoms. The molecule has 0 bridgehead atoms. The Morgan fingerprint density at radius 3 is 2.36 bits per heavy atom. The van der Waals surface area contributed by atoms with Gasteiger partial charge in [-0.05, 0) is 36.2 Å². The van der Waals surface area contributed by atoms with Crippen LogP contribution in [-0.2, 0) is 22.6 Å². The first-order valence-corrected chi connectivity index (χ1v) is 10.6. The summed E-state index contributed by atoms with van der Waals surface area (Å²) >= 11 is 0. The molecule has 0 saturated carbocycles. The standard InChI is InChI=1S/C24H26N4O5/c1-2-3-13-33-23(31)18-9-11-19(12-10-18)26-21(29)16-28-22(30)14-20(25)27(24(28)32)15-17-7-5-4-6-8-17/h4-12,14H,2-3,13,15-16,25H2,1H3,(H,26,29). The second-order valence-corrected chi connectivity index (χ2v) is 7.46. The van der Waals surface area contributed by atoms with Gasteiger partial charge in [0.15, 0.2) is 0 Å². The first-order valence-electron chi connectivity index (χ1n) is 10.6. The Bertz CT molecular complexity index is 1230. The van der Waals surface area contributed by atoms with Gasteiger partial charge < -0.3 is 15.8 Å². The Morgan fingerprint density at radius 1 is 1.00 bits per heavy atom. The molecule has 0 spiro atoms. The summed E-state index contributed by atoms with van der Waals surface area (Å²) in [6, 6.07) is 16.5. The molecule has 9 nitrogen and oxygen atoms in total. The fourth-order valence-electron chi connectivity index (χ4n) is 3.13. The van der Waals surface area contributed by atoms with Crippen molar-refractivity contribution in [3.8, 4) is 0 Å². The van der Waals surface area contributed by atoms with Crippen LogP contribution in [0.4, 0.5) is 11.5 Å². The Morgan fingerprint density at radius 2 is 1.70 bits per heavy atom. The molecule has 3 aromatic rings. The fraction of sp³-hybridized carbons (Fsp3) is 0.250. The molecule has 1 amide bonds. The predicted molar refractivity (Wildman–Crippen MR) is 125 cm³/mol. The number of nitrogens with two attached hydrogens (primary N) is 1. The number of unbranched alkanes of at least 4 members (excludes halogenated alkanes) is 1. The van der Waals surface area contributed by atoms with Crippen LogP contribution in [0.25, 0.3) is 0 Å². The zero-order valence-electron chi connectivity index (χ0n) is 18.3. The van der Waals surface area contributed by atoms with Crippen LogP contribution in [0.1, 0.15) is 35.7 Å². The van der Waals surface area contributed by atoms with Gasteiger partial charge in [0, 0.05) is 11.8 Å². The minimum Gasteiger partial charge on any atom is -0.462 e. The van der Waals surface area contributed by atoms with Crippen molar-refractivity contribution in [1.82, 2.24) is 9.13 Å². The molecule has 0 aliphatic heterocycles. The van der Waals surface area contributed by atoms with E-state index in [0.717, 1.165) is 29.0 Å². The number of nitrogen functional groups attached to an aromatic ring is 1. The van der Waals surface area contributed by atoms with Crippen molar-refractivity contribution in [2.24, 2.45) is 0 Å². The number of carbonyl (C=O) groups is 2. The average molecular weight is 450 g/mol. The highest BCUT2D eigenvalue weighted by Crippen LogP contribution is 2.11. The number of ether oxygens (including phenoxy) is 1. The molecule has 0 fully saturated rings. The number of carbonyl (C=O) groups excluding carboxylic acids is 2. The van der Waals surface area contributed by atoms with Crippen LogP contribution in [0.3, 0.4) is 0 Å². The normalized spacial score (nSPS) is 10.6. The average Bonchev–Trinajstić information content (AvgIpc) is 2.80. The highest BCUT2D eigenvalue weighted by molar-refractivity contribution is 5.93. The van der Waals surface area contributed by atoms with Crippen molar-refractivity contribution >= 4 is 23.4 Å². The van der Waals surface area contributed by atoms with E-state index in [1.807, 2.05) is 37.3 Å². The highest BCUT2D eigenvalue weighted by Gasteiger charge is 2.14. The van der Waals surface area contributed by atoms with Gasteiger partial charge >= 0.3 is 11.7 Å². The molecule has 0 atom stereocenters. The van der Waals surface area contributed by atoms with Gasteiger partial charge in [0.05, 0.1) is 18.7 Å². The van der Waals surface area contributed by atoms with Crippen LogP contribution < -0.4 is 22.3 Å². The second-order valence-electron chi connectivity index (χ2n) is 7.46. The Balaban J connectivity index is 1.70. The van der Waals surface area contributed by atoms with Gasteiger partial charge in [-0.3, -0.25) is 18.7 Å². The minimum absolute atomic E-state index is 0.0203. The topological polar surface area (TPSA) is 125 Å². The number of aromatic nitrogens is 2. The van der Waals surface area contributed by atoms with E-state index in [-0.39, 0.29) is 12.4 Å². The van der Waals surface area contributed by atoms with Crippen LogP contribution in [0.15, 0.2) is 70.3 Å². The van der Waals surface area contributed by atoms with E-state index >= 15 is 0 Å². The van der Waals surface area contributed by atoms with Crippen molar-refractivity contribution in [2.45, 2.75) is 32.9 Å². The number of nitrogens with one attached hydrogen (secondary N) is 1. The molecule has 1 heterocycles. The summed E-state index contributed by atoms with van der Waals surface area (Å²) in [6.45, 7) is 2.05. The van der Waals surface area contributed by atoms with Gasteiger partial charge in [0.2, 0.25) is 5.91 Å². The molecule has 2 aromatic carbocycles. The molecule has 9 heteroatoms. The number of nitrogens with zero attached hydrogens (tertiary/aromatic N) is 2. The molecule has 1 aromatic heterocycles. The molecular weight excluding hydrogens is 424 g/mol. The zero-order valence-corrected chi connectivity index (χ0v) is 18.3. The number of hydrogen-bond acceptors (Lipinski definition) is 6. The molecule has 0 aliphatic rings. The maximum atomic E-state index is 12.8. The molecule has 0 radical (unpaired) electrons. The lowest BCUT2D eigenvalue weighted by molar-refractivity contribution is -0.116. The van der Waals surface area contributed by atoms with Gasteiger partial charge in [-0.1, -0.05) is 43.7 Å². The molecule has 0 aliphatic carbocycles. The van der Waals surface area contributed by atoms with Gasteiger partial charge in [0.25, 0.3) is 5.56 Å². The molecule has 0 saturated heterocycles. The van der Waals surface area contributed by atoms with E-state index in [0.29, 0.717) is 17.9 Å². The number of hydrogen-bond donors (Lipinski definition) is 2.